The van der Waals surface area contributed by atoms with Gasteiger partial charge in [-0.2, -0.15) is 0 Å². The molecule has 0 amide bonds. The van der Waals surface area contributed by atoms with Crippen LogP contribution in [0, 0.1) is 0 Å². The molecule has 0 aliphatic rings. The van der Waals surface area contributed by atoms with Crippen LogP contribution in [-0.2, 0) is 9.44 Å². The third-order valence-corrected chi connectivity index (χ3v) is 4.98. The van der Waals surface area contributed by atoms with Gasteiger partial charge in [0.15, 0.2) is 10.1 Å². The van der Waals surface area contributed by atoms with Gasteiger partial charge in [0.25, 0.3) is 0 Å². The number of fused-ring (bicyclic) bond motifs is 1. The highest BCUT2D eigenvalue weighted by Gasteiger charge is 2.48. The highest BCUT2D eigenvalue weighted by Crippen LogP contribution is 2.54. The van der Waals surface area contributed by atoms with E-state index in [0.717, 1.165) is 0 Å². The summed E-state index contributed by atoms with van der Waals surface area (Å²) in [6, 6.07) is 9.71. The third kappa shape index (κ3) is 2.35. The summed E-state index contributed by atoms with van der Waals surface area (Å²) in [7, 11) is 0. The van der Waals surface area contributed by atoms with Crippen molar-refractivity contribution in [3.8, 4) is 5.75 Å². The van der Waals surface area contributed by atoms with Crippen LogP contribution in [0.5, 0.6) is 5.75 Å². The molecule has 0 atom stereocenters. The second kappa shape index (κ2) is 4.81. The molecular formula is C12H6Cl5O. The zero-order valence-electron chi connectivity index (χ0n) is 8.76. The van der Waals surface area contributed by atoms with Gasteiger partial charge >= 0.3 is 0 Å². The molecular weight excluding hydrogens is 337 g/mol. The second-order valence-electron chi connectivity index (χ2n) is 3.73. The van der Waals surface area contributed by atoms with E-state index in [9.17, 15) is 5.11 Å². The van der Waals surface area contributed by atoms with Crippen molar-refractivity contribution in [2.45, 2.75) is 8.13 Å². The minimum absolute atomic E-state index is 0.136. The predicted octanol–water partition coefficient (Wildman–Crippen LogP) is 5.98. The fourth-order valence-electron chi connectivity index (χ4n) is 1.70. The van der Waals surface area contributed by atoms with Crippen LogP contribution < -0.4 is 0 Å². The van der Waals surface area contributed by atoms with Gasteiger partial charge in [0.2, 0.25) is 3.79 Å². The molecule has 2 aromatic rings. The summed E-state index contributed by atoms with van der Waals surface area (Å²) in [6.45, 7) is 0. The van der Waals surface area contributed by atoms with Crippen LogP contribution in [-0.4, -0.2) is 3.79 Å². The average Bonchev–Trinajstić information content (AvgIpc) is 2.28. The Morgan fingerprint density at radius 1 is 0.778 bits per heavy atom. The maximum absolute atomic E-state index is 11.7. The molecule has 0 saturated carbocycles. The van der Waals surface area contributed by atoms with E-state index in [1.807, 2.05) is 0 Å². The quantitative estimate of drug-likeness (QED) is 0.567. The fourth-order valence-corrected chi connectivity index (χ4v) is 2.33. The van der Waals surface area contributed by atoms with Gasteiger partial charge in [-0.25, -0.2) is 0 Å². The van der Waals surface area contributed by atoms with Crippen LogP contribution in [0.4, 0.5) is 0 Å². The van der Waals surface area contributed by atoms with Crippen LogP contribution in [0.1, 0.15) is 5.56 Å². The molecule has 6 heteroatoms. The number of alkyl halides is 5. The first kappa shape index (κ1) is 14.4. The lowest BCUT2D eigenvalue weighted by atomic mass is 10.0. The topological polar surface area (TPSA) is 19.9 Å². The average molecular weight is 343 g/mol. The maximum Gasteiger partial charge on any atom is 0.227 e. The summed E-state index contributed by atoms with van der Waals surface area (Å²) in [5.74, 6) is -0.136. The number of benzene rings is 2. The normalized spacial score (nSPS) is 12.9. The Morgan fingerprint density at radius 2 is 1.33 bits per heavy atom. The Morgan fingerprint density at radius 3 is 1.89 bits per heavy atom. The SMILES string of the molecule is [O]c1ccc(C(Cl)(Cl)C(Cl)(Cl)Cl)c2ccccc12. The van der Waals surface area contributed by atoms with E-state index in [2.05, 4.69) is 0 Å². The van der Waals surface area contributed by atoms with Gasteiger partial charge in [-0.15, -0.1) is 0 Å². The van der Waals surface area contributed by atoms with Gasteiger partial charge in [0, 0.05) is 10.9 Å². The highest BCUT2D eigenvalue weighted by molar-refractivity contribution is 6.75. The van der Waals surface area contributed by atoms with Crippen LogP contribution in [0.2, 0.25) is 0 Å². The first-order valence-corrected chi connectivity index (χ1v) is 6.78. The number of hydrogen-bond donors (Lipinski definition) is 0. The largest absolute Gasteiger partial charge is 0.289 e. The fraction of sp³-hybridized carbons (Fsp3) is 0.167. The van der Waals surface area contributed by atoms with E-state index in [1.54, 1.807) is 24.3 Å². The van der Waals surface area contributed by atoms with Gasteiger partial charge in [-0.1, -0.05) is 88.3 Å². The smallest absolute Gasteiger partial charge is 0.227 e. The molecule has 0 aliphatic carbocycles. The number of rotatable bonds is 1. The molecule has 0 saturated heterocycles. The molecule has 18 heavy (non-hydrogen) atoms. The lowest BCUT2D eigenvalue weighted by molar-refractivity contribution is 0.360. The van der Waals surface area contributed by atoms with Crippen LogP contribution in [0.3, 0.4) is 0 Å². The van der Waals surface area contributed by atoms with E-state index in [-0.39, 0.29) is 5.75 Å². The summed E-state index contributed by atoms with van der Waals surface area (Å²) < 4.78 is -3.66. The van der Waals surface area contributed by atoms with Crippen molar-refractivity contribution < 1.29 is 5.11 Å². The molecule has 0 bridgehead atoms. The summed E-state index contributed by atoms with van der Waals surface area (Å²) in [5.41, 5.74) is 0.390. The molecule has 1 radical (unpaired) electrons. The molecule has 0 aliphatic heterocycles. The van der Waals surface area contributed by atoms with Crippen molar-refractivity contribution >= 4 is 68.8 Å². The van der Waals surface area contributed by atoms with Crippen molar-refractivity contribution in [3.63, 3.8) is 0 Å². The molecule has 2 aromatic carbocycles. The molecule has 0 heterocycles. The van der Waals surface area contributed by atoms with E-state index in [4.69, 9.17) is 58.0 Å². The number of hydrogen-bond acceptors (Lipinski definition) is 0. The summed E-state index contributed by atoms with van der Waals surface area (Å²) >= 11 is 29.6. The highest BCUT2D eigenvalue weighted by atomic mass is 35.6. The Bertz CT molecular complexity index is 589. The van der Waals surface area contributed by atoms with Crippen molar-refractivity contribution in [3.05, 3.63) is 42.0 Å². The lowest BCUT2D eigenvalue weighted by Crippen LogP contribution is -2.28. The molecule has 2 rings (SSSR count). The third-order valence-electron chi connectivity index (χ3n) is 2.58. The number of halogens is 5. The van der Waals surface area contributed by atoms with Crippen LogP contribution in [0.15, 0.2) is 36.4 Å². The molecule has 1 nitrogen and oxygen atoms in total. The Labute approximate surface area is 129 Å². The summed E-state index contributed by atoms with van der Waals surface area (Å²) in [5, 5.41) is 12.8. The van der Waals surface area contributed by atoms with Gasteiger partial charge in [0.1, 0.15) is 0 Å². The summed E-state index contributed by atoms with van der Waals surface area (Å²) in [4.78, 5) is 0. The molecule has 0 spiro atoms. The van der Waals surface area contributed by atoms with E-state index >= 15 is 0 Å². The predicted molar refractivity (Wildman–Crippen MR) is 77.8 cm³/mol. The Balaban J connectivity index is 2.78. The van der Waals surface area contributed by atoms with Gasteiger partial charge in [0.05, 0.1) is 0 Å². The van der Waals surface area contributed by atoms with Crippen molar-refractivity contribution in [1.29, 1.82) is 0 Å². The first-order chi connectivity index (χ1) is 8.25. The van der Waals surface area contributed by atoms with Crippen LogP contribution >= 0.6 is 58.0 Å². The first-order valence-electron chi connectivity index (χ1n) is 4.89. The molecule has 0 N–H and O–H groups in total. The van der Waals surface area contributed by atoms with Gasteiger partial charge in [-0.3, -0.25) is 5.11 Å². The second-order valence-corrected chi connectivity index (χ2v) is 7.34. The molecule has 0 unspecified atom stereocenters. The Kier molecular flexibility index (Phi) is 3.84. The monoisotopic (exact) mass is 341 g/mol. The zero-order chi connectivity index (χ0) is 13.6. The van der Waals surface area contributed by atoms with E-state index < -0.39 is 8.13 Å². The Hall–Kier alpha value is -0.0500. The van der Waals surface area contributed by atoms with Crippen molar-refractivity contribution in [1.82, 2.24) is 0 Å². The zero-order valence-corrected chi connectivity index (χ0v) is 12.5. The minimum atomic E-state index is -1.91. The maximum atomic E-state index is 11.7. The molecule has 0 aromatic heterocycles. The molecule has 95 valence electrons. The van der Waals surface area contributed by atoms with Crippen molar-refractivity contribution in [2.24, 2.45) is 0 Å². The lowest BCUT2D eigenvalue weighted by Gasteiger charge is -2.28. The standard InChI is InChI=1S/C12H6Cl5O/c13-11(14,12(15,16)17)9-5-6-10(18)8-4-2-1-3-7(8)9/h1-6H. The van der Waals surface area contributed by atoms with E-state index in [0.29, 0.717) is 16.3 Å². The van der Waals surface area contributed by atoms with E-state index in [1.165, 1.54) is 12.1 Å². The molecule has 0 fully saturated rings. The minimum Gasteiger partial charge on any atom is -0.289 e. The van der Waals surface area contributed by atoms with Crippen LogP contribution in [0.25, 0.3) is 10.8 Å². The van der Waals surface area contributed by atoms with Crippen molar-refractivity contribution in [2.75, 3.05) is 0 Å². The van der Waals surface area contributed by atoms with Gasteiger partial charge in [-0.05, 0) is 11.5 Å². The summed E-state index contributed by atoms with van der Waals surface area (Å²) in [6.07, 6.45) is 0. The van der Waals surface area contributed by atoms with Gasteiger partial charge < -0.3 is 0 Å².